The molecule has 0 aliphatic carbocycles. The smallest absolute Gasteiger partial charge is 0.143 e. The van der Waals surface area contributed by atoms with Crippen LogP contribution in [-0.2, 0) is 0 Å². The first-order valence-electron chi connectivity index (χ1n) is 9.20. The maximum atomic E-state index is 6.31. The van der Waals surface area contributed by atoms with E-state index >= 15 is 0 Å². The molecule has 0 spiro atoms. The zero-order valence-corrected chi connectivity index (χ0v) is 14.6. The second kappa shape index (κ2) is 5.46. The summed E-state index contributed by atoms with van der Waals surface area (Å²) >= 11 is 0. The van der Waals surface area contributed by atoms with Crippen LogP contribution in [0.3, 0.4) is 0 Å². The van der Waals surface area contributed by atoms with Gasteiger partial charge in [-0.25, -0.2) is 0 Å². The van der Waals surface area contributed by atoms with E-state index in [2.05, 4.69) is 91.0 Å². The maximum Gasteiger partial charge on any atom is 0.143 e. The van der Waals surface area contributed by atoms with E-state index in [9.17, 15) is 0 Å². The third-order valence-corrected chi connectivity index (χ3v) is 5.43. The van der Waals surface area contributed by atoms with Crippen LogP contribution in [0.1, 0.15) is 0 Å². The average molecular weight is 344 g/mol. The summed E-state index contributed by atoms with van der Waals surface area (Å²) in [5.41, 5.74) is 4.34. The van der Waals surface area contributed by atoms with Crippen molar-refractivity contribution in [3.63, 3.8) is 0 Å². The molecule has 6 aromatic rings. The van der Waals surface area contributed by atoms with Crippen molar-refractivity contribution < 1.29 is 4.42 Å². The van der Waals surface area contributed by atoms with Crippen molar-refractivity contribution in [3.05, 3.63) is 97.1 Å². The molecule has 126 valence electrons. The van der Waals surface area contributed by atoms with Crippen molar-refractivity contribution in [3.8, 4) is 11.1 Å². The quantitative estimate of drug-likeness (QED) is 0.280. The minimum Gasteiger partial charge on any atom is -0.455 e. The van der Waals surface area contributed by atoms with Gasteiger partial charge in [-0.3, -0.25) is 0 Å². The zero-order chi connectivity index (χ0) is 17.8. The number of rotatable bonds is 1. The summed E-state index contributed by atoms with van der Waals surface area (Å²) in [7, 11) is 0. The molecule has 1 aromatic heterocycles. The summed E-state index contributed by atoms with van der Waals surface area (Å²) in [4.78, 5) is 0. The van der Waals surface area contributed by atoms with E-state index in [1.54, 1.807) is 0 Å². The second-order valence-corrected chi connectivity index (χ2v) is 7.04. The summed E-state index contributed by atoms with van der Waals surface area (Å²) < 4.78 is 6.31. The van der Waals surface area contributed by atoms with Crippen LogP contribution in [0.5, 0.6) is 0 Å². The molecular formula is C26H16O. The van der Waals surface area contributed by atoms with E-state index in [1.807, 2.05) is 6.07 Å². The van der Waals surface area contributed by atoms with Gasteiger partial charge in [-0.2, -0.15) is 0 Å². The molecule has 0 aliphatic rings. The Morgan fingerprint density at radius 2 is 1.22 bits per heavy atom. The van der Waals surface area contributed by atoms with Crippen LogP contribution in [0.15, 0.2) is 101 Å². The number of fused-ring (bicyclic) bond motifs is 6. The van der Waals surface area contributed by atoms with Gasteiger partial charge in [0.25, 0.3) is 0 Å². The van der Waals surface area contributed by atoms with Crippen molar-refractivity contribution >= 4 is 43.5 Å². The lowest BCUT2D eigenvalue weighted by Gasteiger charge is -2.03. The number of furan rings is 1. The molecule has 0 saturated carbocycles. The Labute approximate surface area is 156 Å². The van der Waals surface area contributed by atoms with Gasteiger partial charge in [0, 0.05) is 16.2 Å². The lowest BCUT2D eigenvalue weighted by molar-refractivity contribution is 0.673. The molecular weight excluding hydrogens is 328 g/mol. The summed E-state index contributed by atoms with van der Waals surface area (Å²) in [6.07, 6.45) is 0. The van der Waals surface area contributed by atoms with Crippen molar-refractivity contribution in [1.29, 1.82) is 0 Å². The van der Waals surface area contributed by atoms with E-state index in [1.165, 1.54) is 43.4 Å². The molecule has 1 nitrogen and oxygen atoms in total. The van der Waals surface area contributed by atoms with E-state index in [0.29, 0.717) is 0 Å². The summed E-state index contributed by atoms with van der Waals surface area (Å²) in [5, 5.41) is 7.22. The van der Waals surface area contributed by atoms with Gasteiger partial charge in [-0.15, -0.1) is 0 Å². The molecule has 0 aliphatic heterocycles. The second-order valence-electron chi connectivity index (χ2n) is 7.04. The van der Waals surface area contributed by atoms with Crippen LogP contribution in [0, 0.1) is 0 Å². The molecule has 0 fully saturated rings. The molecule has 0 atom stereocenters. The summed E-state index contributed by atoms with van der Waals surface area (Å²) in [6, 6.07) is 34.3. The average Bonchev–Trinajstić information content (AvgIpc) is 3.11. The Kier molecular flexibility index (Phi) is 2.95. The Morgan fingerprint density at radius 1 is 0.444 bits per heavy atom. The van der Waals surface area contributed by atoms with E-state index in [0.717, 1.165) is 11.2 Å². The number of hydrogen-bond donors (Lipinski definition) is 0. The largest absolute Gasteiger partial charge is 0.455 e. The molecule has 0 saturated heterocycles. The fourth-order valence-corrected chi connectivity index (χ4v) is 4.06. The molecule has 5 aromatic carbocycles. The van der Waals surface area contributed by atoms with Gasteiger partial charge in [0.05, 0.1) is 0 Å². The third-order valence-electron chi connectivity index (χ3n) is 5.43. The summed E-state index contributed by atoms with van der Waals surface area (Å²) in [5.74, 6) is 0. The first-order chi connectivity index (χ1) is 13.4. The van der Waals surface area contributed by atoms with Crippen LogP contribution in [-0.4, -0.2) is 0 Å². The van der Waals surface area contributed by atoms with Crippen molar-refractivity contribution in [2.24, 2.45) is 0 Å². The van der Waals surface area contributed by atoms with Crippen LogP contribution in [0.2, 0.25) is 0 Å². The molecule has 6 rings (SSSR count). The van der Waals surface area contributed by atoms with E-state index in [-0.39, 0.29) is 0 Å². The van der Waals surface area contributed by atoms with Crippen LogP contribution < -0.4 is 0 Å². The van der Waals surface area contributed by atoms with Gasteiger partial charge in [-0.1, -0.05) is 66.7 Å². The Balaban J connectivity index is 1.68. The van der Waals surface area contributed by atoms with E-state index < -0.39 is 0 Å². The highest BCUT2D eigenvalue weighted by Gasteiger charge is 2.12. The molecule has 0 radical (unpaired) electrons. The van der Waals surface area contributed by atoms with Gasteiger partial charge >= 0.3 is 0 Å². The number of benzene rings is 5. The van der Waals surface area contributed by atoms with Crippen LogP contribution >= 0.6 is 0 Å². The highest BCUT2D eigenvalue weighted by molar-refractivity contribution is 6.17. The van der Waals surface area contributed by atoms with Crippen LogP contribution in [0.25, 0.3) is 54.6 Å². The zero-order valence-electron chi connectivity index (χ0n) is 14.6. The first-order valence-corrected chi connectivity index (χ1v) is 9.20. The van der Waals surface area contributed by atoms with Gasteiger partial charge in [0.1, 0.15) is 11.2 Å². The van der Waals surface area contributed by atoms with Gasteiger partial charge in [0.2, 0.25) is 0 Å². The van der Waals surface area contributed by atoms with Crippen molar-refractivity contribution in [1.82, 2.24) is 0 Å². The Bertz CT molecular complexity index is 1460. The van der Waals surface area contributed by atoms with Gasteiger partial charge in [0.15, 0.2) is 0 Å². The molecule has 0 amide bonds. The maximum absolute atomic E-state index is 6.31. The van der Waals surface area contributed by atoms with Crippen molar-refractivity contribution in [2.45, 2.75) is 0 Å². The minimum absolute atomic E-state index is 0.935. The predicted octanol–water partition coefficient (Wildman–Crippen LogP) is 7.56. The lowest BCUT2D eigenvalue weighted by atomic mass is 10.00. The third kappa shape index (κ3) is 2.18. The molecule has 0 unspecified atom stereocenters. The van der Waals surface area contributed by atoms with Crippen molar-refractivity contribution in [2.75, 3.05) is 0 Å². The monoisotopic (exact) mass is 344 g/mol. The topological polar surface area (TPSA) is 13.1 Å². The number of hydrogen-bond acceptors (Lipinski definition) is 1. The van der Waals surface area contributed by atoms with E-state index in [4.69, 9.17) is 4.42 Å². The fraction of sp³-hybridized carbons (Fsp3) is 0. The highest BCUT2D eigenvalue weighted by atomic mass is 16.3. The summed E-state index contributed by atoms with van der Waals surface area (Å²) in [6.45, 7) is 0. The minimum atomic E-state index is 0.935. The normalized spacial score (nSPS) is 11.7. The molecule has 0 N–H and O–H groups in total. The molecule has 1 heterocycles. The Morgan fingerprint density at radius 3 is 2.07 bits per heavy atom. The fourth-order valence-electron chi connectivity index (χ4n) is 4.06. The van der Waals surface area contributed by atoms with Crippen LogP contribution in [0.4, 0.5) is 0 Å². The first kappa shape index (κ1) is 14.6. The standard InChI is InChI=1S/C26H16O/c1-2-6-17(7-3-1)20-11-13-25-24(16-20)22-12-10-21-14-18-8-4-5-9-19(18)15-23(21)26(22)27-25/h1-16H. The highest BCUT2D eigenvalue weighted by Crippen LogP contribution is 2.37. The molecule has 0 bridgehead atoms. The SMILES string of the molecule is c1ccc(-c2ccc3oc4c5cc6ccccc6cc5ccc4c3c2)cc1. The lowest BCUT2D eigenvalue weighted by Crippen LogP contribution is -1.78. The van der Waals surface area contributed by atoms with Gasteiger partial charge < -0.3 is 4.42 Å². The predicted molar refractivity (Wildman–Crippen MR) is 114 cm³/mol. The molecule has 1 heteroatoms. The Hall–Kier alpha value is -3.58. The molecule has 27 heavy (non-hydrogen) atoms. The van der Waals surface area contributed by atoms with Gasteiger partial charge in [-0.05, 0) is 57.6 Å².